The SMILES string of the molecule is CC(C)CS(=O)(=O)N1CCC2(CN(c3ccccc3)C(=O)CN2C)C1.O=C(O)C(F)(F)F. The Hall–Kier alpha value is -2.18. The fourth-order valence-corrected chi connectivity index (χ4v) is 5.69. The van der Waals surface area contributed by atoms with Gasteiger partial charge in [-0.2, -0.15) is 17.5 Å². The average molecular weight is 480 g/mol. The average Bonchev–Trinajstić information content (AvgIpc) is 3.11. The number of carboxylic acids is 1. The summed E-state index contributed by atoms with van der Waals surface area (Å²) in [5.74, 6) is -2.42. The lowest BCUT2D eigenvalue weighted by molar-refractivity contribution is -0.192. The van der Waals surface area contributed by atoms with Crippen molar-refractivity contribution in [2.24, 2.45) is 5.92 Å². The lowest BCUT2D eigenvalue weighted by Gasteiger charge is -2.46. The number of alkyl halides is 3. The Kier molecular flexibility index (Phi) is 7.95. The van der Waals surface area contributed by atoms with Gasteiger partial charge >= 0.3 is 12.1 Å². The fraction of sp³-hybridized carbons (Fsp3) is 0.600. The second-order valence-electron chi connectivity index (χ2n) is 8.45. The third-order valence-electron chi connectivity index (χ3n) is 5.48. The van der Waals surface area contributed by atoms with Crippen molar-refractivity contribution in [2.45, 2.75) is 32.0 Å². The minimum Gasteiger partial charge on any atom is -0.475 e. The second-order valence-corrected chi connectivity index (χ2v) is 10.5. The molecule has 12 heteroatoms. The number of hydrogen-bond donors (Lipinski definition) is 1. The molecule has 1 unspecified atom stereocenters. The third-order valence-corrected chi connectivity index (χ3v) is 7.67. The third kappa shape index (κ3) is 6.20. The van der Waals surface area contributed by atoms with Crippen molar-refractivity contribution in [2.75, 3.05) is 43.9 Å². The fourth-order valence-electron chi connectivity index (χ4n) is 3.83. The summed E-state index contributed by atoms with van der Waals surface area (Å²) in [5, 5.41) is 7.12. The molecule has 0 aromatic heterocycles. The smallest absolute Gasteiger partial charge is 0.475 e. The van der Waals surface area contributed by atoms with Crippen molar-refractivity contribution in [1.29, 1.82) is 0 Å². The van der Waals surface area contributed by atoms with Crippen molar-refractivity contribution in [3.05, 3.63) is 30.3 Å². The molecule has 2 saturated heterocycles. The maximum absolute atomic E-state index is 12.6. The summed E-state index contributed by atoms with van der Waals surface area (Å²) in [6.07, 6.45) is -4.34. The van der Waals surface area contributed by atoms with Crippen LogP contribution in [0, 0.1) is 5.92 Å². The minimum absolute atomic E-state index is 0.0582. The number of sulfonamides is 1. The zero-order valence-corrected chi connectivity index (χ0v) is 19.0. The highest BCUT2D eigenvalue weighted by Crippen LogP contribution is 2.34. The van der Waals surface area contributed by atoms with Crippen LogP contribution >= 0.6 is 0 Å². The molecule has 2 heterocycles. The van der Waals surface area contributed by atoms with Crippen LogP contribution in [0.3, 0.4) is 0 Å². The number of halogens is 3. The molecule has 180 valence electrons. The predicted octanol–water partition coefficient (Wildman–Crippen LogP) is 2.03. The molecule has 32 heavy (non-hydrogen) atoms. The van der Waals surface area contributed by atoms with Crippen LogP contribution < -0.4 is 4.90 Å². The Bertz CT molecular complexity index is 924. The Labute approximate surface area is 185 Å². The predicted molar refractivity (Wildman–Crippen MR) is 113 cm³/mol. The van der Waals surface area contributed by atoms with E-state index in [1.165, 1.54) is 0 Å². The molecule has 2 fully saturated rings. The summed E-state index contributed by atoms with van der Waals surface area (Å²) < 4.78 is 58.6. The number of likely N-dealkylation sites (N-methyl/N-ethyl adjacent to an activating group) is 1. The van der Waals surface area contributed by atoms with E-state index in [0.29, 0.717) is 26.2 Å². The highest BCUT2D eigenvalue weighted by atomic mass is 32.2. The molecule has 0 radical (unpaired) electrons. The monoisotopic (exact) mass is 479 g/mol. The largest absolute Gasteiger partial charge is 0.490 e. The van der Waals surface area contributed by atoms with Crippen molar-refractivity contribution >= 4 is 27.6 Å². The van der Waals surface area contributed by atoms with Crippen LogP contribution in [0.4, 0.5) is 18.9 Å². The van der Waals surface area contributed by atoms with E-state index in [9.17, 15) is 26.4 Å². The molecule has 0 bridgehead atoms. The summed E-state index contributed by atoms with van der Waals surface area (Å²) in [6.45, 7) is 5.66. The number of rotatable bonds is 4. The first kappa shape index (κ1) is 26.1. The first-order valence-electron chi connectivity index (χ1n) is 10.0. The van der Waals surface area contributed by atoms with Crippen molar-refractivity contribution in [3.8, 4) is 0 Å². The topological polar surface area (TPSA) is 98.2 Å². The molecule has 0 saturated carbocycles. The van der Waals surface area contributed by atoms with Gasteiger partial charge in [-0.05, 0) is 31.5 Å². The first-order chi connectivity index (χ1) is 14.7. The molecule has 8 nitrogen and oxygen atoms in total. The molecule has 1 aromatic rings. The van der Waals surface area contributed by atoms with Gasteiger partial charge in [0, 0.05) is 25.3 Å². The number of hydrogen-bond acceptors (Lipinski definition) is 5. The van der Waals surface area contributed by atoms with Gasteiger partial charge < -0.3 is 10.0 Å². The molecule has 1 atom stereocenters. The number of nitrogens with zero attached hydrogens (tertiary/aromatic N) is 3. The van der Waals surface area contributed by atoms with Gasteiger partial charge in [-0.25, -0.2) is 13.2 Å². The summed E-state index contributed by atoms with van der Waals surface area (Å²) in [5.41, 5.74) is 0.567. The van der Waals surface area contributed by atoms with Crippen molar-refractivity contribution < 1.29 is 36.3 Å². The van der Waals surface area contributed by atoms with Crippen LogP contribution in [0.1, 0.15) is 20.3 Å². The standard InChI is InChI=1S/C18H27N3O3S.C2HF3O2/c1-15(2)12-25(23,24)20-10-9-18(13-20)14-21(17(22)11-19(18)3)16-7-5-4-6-8-16;3-2(4,5)1(6)7/h4-8,15H,9-14H2,1-3H3;(H,6,7). The zero-order chi connectivity index (χ0) is 24.3. The van der Waals surface area contributed by atoms with Gasteiger partial charge in [-0.15, -0.1) is 0 Å². The molecular weight excluding hydrogens is 451 g/mol. The number of para-hydroxylation sites is 1. The van der Waals surface area contributed by atoms with E-state index in [1.54, 1.807) is 9.21 Å². The van der Waals surface area contributed by atoms with Gasteiger partial charge in [0.1, 0.15) is 0 Å². The summed E-state index contributed by atoms with van der Waals surface area (Å²) in [6, 6.07) is 9.62. The molecule has 1 aromatic carbocycles. The number of anilines is 1. The zero-order valence-electron chi connectivity index (χ0n) is 18.2. The van der Waals surface area contributed by atoms with E-state index in [0.717, 1.165) is 12.1 Å². The van der Waals surface area contributed by atoms with Gasteiger partial charge in [0.2, 0.25) is 15.9 Å². The summed E-state index contributed by atoms with van der Waals surface area (Å²) >= 11 is 0. The normalized spacial score (nSPS) is 22.8. The molecular formula is C20H28F3N3O5S. The van der Waals surface area contributed by atoms with E-state index in [-0.39, 0.29) is 23.1 Å². The molecule has 3 rings (SSSR count). The Morgan fingerprint density at radius 2 is 1.75 bits per heavy atom. The summed E-state index contributed by atoms with van der Waals surface area (Å²) in [7, 11) is -1.32. The molecule has 2 aliphatic heterocycles. The first-order valence-corrected chi connectivity index (χ1v) is 11.6. The molecule has 1 spiro atoms. The van der Waals surface area contributed by atoms with Crippen molar-refractivity contribution in [1.82, 2.24) is 9.21 Å². The number of amides is 1. The molecule has 2 aliphatic rings. The van der Waals surface area contributed by atoms with Crippen LogP contribution in [-0.4, -0.2) is 85.3 Å². The minimum atomic E-state index is -5.08. The Balaban J connectivity index is 0.000000451. The molecule has 1 N–H and O–H groups in total. The van der Waals surface area contributed by atoms with Gasteiger partial charge in [0.15, 0.2) is 0 Å². The number of carbonyl (C=O) groups is 2. The van der Waals surface area contributed by atoms with Crippen LogP contribution in [0.2, 0.25) is 0 Å². The van der Waals surface area contributed by atoms with E-state index in [4.69, 9.17) is 9.90 Å². The van der Waals surface area contributed by atoms with E-state index in [2.05, 4.69) is 0 Å². The van der Waals surface area contributed by atoms with E-state index < -0.39 is 22.2 Å². The lowest BCUT2D eigenvalue weighted by Crippen LogP contribution is -2.64. The van der Waals surface area contributed by atoms with Crippen LogP contribution in [-0.2, 0) is 19.6 Å². The summed E-state index contributed by atoms with van der Waals surface area (Å²) in [4.78, 5) is 25.3. The van der Waals surface area contributed by atoms with Crippen LogP contribution in [0.5, 0.6) is 0 Å². The lowest BCUT2D eigenvalue weighted by atomic mass is 9.92. The van der Waals surface area contributed by atoms with E-state index in [1.807, 2.05) is 56.1 Å². The quantitative estimate of drug-likeness (QED) is 0.710. The van der Waals surface area contributed by atoms with Crippen LogP contribution in [0.25, 0.3) is 0 Å². The van der Waals surface area contributed by atoms with Crippen molar-refractivity contribution in [3.63, 3.8) is 0 Å². The van der Waals surface area contributed by atoms with Gasteiger partial charge in [-0.1, -0.05) is 32.0 Å². The Morgan fingerprint density at radius 3 is 2.25 bits per heavy atom. The second kappa shape index (κ2) is 9.75. The molecule has 0 aliphatic carbocycles. The maximum atomic E-state index is 12.6. The van der Waals surface area contributed by atoms with Gasteiger partial charge in [-0.3, -0.25) is 9.69 Å². The van der Waals surface area contributed by atoms with Gasteiger partial charge in [0.05, 0.1) is 17.8 Å². The van der Waals surface area contributed by atoms with Crippen LogP contribution in [0.15, 0.2) is 30.3 Å². The Morgan fingerprint density at radius 1 is 1.19 bits per heavy atom. The molecule has 1 amide bonds. The number of carbonyl (C=O) groups excluding carboxylic acids is 1. The number of carboxylic acid groups (broad SMARTS) is 1. The number of piperazine rings is 1. The van der Waals surface area contributed by atoms with E-state index >= 15 is 0 Å². The number of benzene rings is 1. The number of aliphatic carboxylic acids is 1. The highest BCUT2D eigenvalue weighted by molar-refractivity contribution is 7.89. The highest BCUT2D eigenvalue weighted by Gasteiger charge is 2.50. The maximum Gasteiger partial charge on any atom is 0.490 e. The van der Waals surface area contributed by atoms with Gasteiger partial charge in [0.25, 0.3) is 0 Å².